The topological polar surface area (TPSA) is 66.4 Å². The average Bonchev–Trinajstić information content (AvgIpc) is 3.14. The van der Waals surface area contributed by atoms with E-state index in [4.69, 9.17) is 5.11 Å². The Bertz CT molecular complexity index is 516. The molecule has 0 unspecified atom stereocenters. The Morgan fingerprint density at radius 2 is 2.11 bits per heavy atom. The molecule has 0 atom stereocenters. The molecule has 2 rings (SSSR count). The van der Waals surface area contributed by atoms with Gasteiger partial charge < -0.3 is 10.4 Å². The van der Waals surface area contributed by atoms with E-state index < -0.39 is 5.97 Å². The third-order valence-corrected chi connectivity index (χ3v) is 2.89. The van der Waals surface area contributed by atoms with Crippen molar-refractivity contribution in [2.45, 2.75) is 19.8 Å². The van der Waals surface area contributed by atoms with E-state index in [1.54, 1.807) is 6.07 Å². The molecule has 94 valence electrons. The molecule has 1 aromatic carbocycles. The monoisotopic (exact) mass is 245 g/mol. The van der Waals surface area contributed by atoms with Crippen molar-refractivity contribution < 1.29 is 14.7 Å². The predicted molar refractivity (Wildman–Crippen MR) is 69.2 cm³/mol. The van der Waals surface area contributed by atoms with Crippen LogP contribution < -0.4 is 5.32 Å². The van der Waals surface area contributed by atoms with Crippen LogP contribution in [0, 0.1) is 12.8 Å². The number of carboxylic acid groups (broad SMARTS) is 1. The van der Waals surface area contributed by atoms with Crippen LogP contribution in [0.4, 0.5) is 5.69 Å². The van der Waals surface area contributed by atoms with Crippen molar-refractivity contribution in [1.29, 1.82) is 0 Å². The van der Waals surface area contributed by atoms with Gasteiger partial charge in [-0.05, 0) is 43.0 Å². The first-order valence-corrected chi connectivity index (χ1v) is 5.89. The average molecular weight is 245 g/mol. The Morgan fingerprint density at radius 1 is 1.39 bits per heavy atom. The molecule has 0 spiro atoms. The summed E-state index contributed by atoms with van der Waals surface area (Å²) < 4.78 is 0. The SMILES string of the molecule is Cc1ccc(C=CC(=O)O)cc1NC(=O)C1CC1. The number of aliphatic carboxylic acids is 1. The van der Waals surface area contributed by atoms with E-state index in [2.05, 4.69) is 5.32 Å². The van der Waals surface area contributed by atoms with Gasteiger partial charge in [-0.3, -0.25) is 4.79 Å². The van der Waals surface area contributed by atoms with Gasteiger partial charge in [0.2, 0.25) is 5.91 Å². The zero-order valence-corrected chi connectivity index (χ0v) is 10.1. The summed E-state index contributed by atoms with van der Waals surface area (Å²) in [5, 5.41) is 11.4. The van der Waals surface area contributed by atoms with Gasteiger partial charge >= 0.3 is 5.97 Å². The number of amides is 1. The molecule has 0 saturated heterocycles. The van der Waals surface area contributed by atoms with Crippen LogP contribution in [0.1, 0.15) is 24.0 Å². The second-order valence-corrected chi connectivity index (χ2v) is 4.51. The lowest BCUT2D eigenvalue weighted by molar-refractivity contribution is -0.131. The summed E-state index contributed by atoms with van der Waals surface area (Å²) in [7, 11) is 0. The van der Waals surface area contributed by atoms with Crippen molar-refractivity contribution in [3.63, 3.8) is 0 Å². The number of benzene rings is 1. The first-order chi connectivity index (χ1) is 8.56. The van der Waals surface area contributed by atoms with Gasteiger partial charge in [-0.1, -0.05) is 12.1 Å². The number of anilines is 1. The number of hydrogen-bond acceptors (Lipinski definition) is 2. The van der Waals surface area contributed by atoms with Gasteiger partial charge in [-0.15, -0.1) is 0 Å². The van der Waals surface area contributed by atoms with Crippen molar-refractivity contribution in [1.82, 2.24) is 0 Å². The molecular weight excluding hydrogens is 230 g/mol. The van der Waals surface area contributed by atoms with Gasteiger partial charge in [0.15, 0.2) is 0 Å². The third kappa shape index (κ3) is 3.20. The fourth-order valence-electron chi connectivity index (χ4n) is 1.63. The molecule has 0 heterocycles. The first-order valence-electron chi connectivity index (χ1n) is 5.89. The molecule has 2 N–H and O–H groups in total. The maximum Gasteiger partial charge on any atom is 0.328 e. The molecule has 4 heteroatoms. The number of carboxylic acids is 1. The largest absolute Gasteiger partial charge is 0.478 e. The molecule has 1 aromatic rings. The minimum atomic E-state index is -0.987. The maximum absolute atomic E-state index is 11.7. The first kappa shape index (κ1) is 12.4. The van der Waals surface area contributed by atoms with Gasteiger partial charge in [0, 0.05) is 17.7 Å². The highest BCUT2D eigenvalue weighted by Crippen LogP contribution is 2.30. The van der Waals surface area contributed by atoms with Gasteiger partial charge in [0.05, 0.1) is 0 Å². The minimum Gasteiger partial charge on any atom is -0.478 e. The molecule has 1 fully saturated rings. The van der Waals surface area contributed by atoms with Crippen molar-refractivity contribution in [3.8, 4) is 0 Å². The molecular formula is C14H15NO3. The van der Waals surface area contributed by atoms with Crippen LogP contribution in [-0.2, 0) is 9.59 Å². The molecule has 0 aromatic heterocycles. The second kappa shape index (κ2) is 5.04. The summed E-state index contributed by atoms with van der Waals surface area (Å²) in [4.78, 5) is 22.1. The van der Waals surface area contributed by atoms with E-state index in [0.29, 0.717) is 0 Å². The van der Waals surface area contributed by atoms with Crippen LogP contribution >= 0.6 is 0 Å². The Labute approximate surface area is 105 Å². The lowest BCUT2D eigenvalue weighted by Crippen LogP contribution is -2.14. The summed E-state index contributed by atoms with van der Waals surface area (Å²) in [6.45, 7) is 1.91. The van der Waals surface area contributed by atoms with Gasteiger partial charge in [0.1, 0.15) is 0 Å². The summed E-state index contributed by atoms with van der Waals surface area (Å²) in [5.41, 5.74) is 2.48. The van der Waals surface area contributed by atoms with Crippen LogP contribution in [0.15, 0.2) is 24.3 Å². The highest BCUT2D eigenvalue weighted by molar-refractivity contribution is 5.95. The quantitative estimate of drug-likeness (QED) is 0.801. The van der Waals surface area contributed by atoms with E-state index in [9.17, 15) is 9.59 Å². The zero-order valence-electron chi connectivity index (χ0n) is 10.1. The number of hydrogen-bond donors (Lipinski definition) is 2. The Morgan fingerprint density at radius 3 is 2.72 bits per heavy atom. The van der Waals surface area contributed by atoms with E-state index in [1.165, 1.54) is 6.08 Å². The zero-order chi connectivity index (χ0) is 13.1. The highest BCUT2D eigenvalue weighted by atomic mass is 16.4. The van der Waals surface area contributed by atoms with Crippen molar-refractivity contribution in [2.75, 3.05) is 5.32 Å². The van der Waals surface area contributed by atoms with Crippen LogP contribution in [-0.4, -0.2) is 17.0 Å². The Kier molecular flexibility index (Phi) is 3.46. The fourth-order valence-corrected chi connectivity index (χ4v) is 1.63. The molecule has 1 aliphatic rings. The van der Waals surface area contributed by atoms with Crippen molar-refractivity contribution in [2.24, 2.45) is 5.92 Å². The van der Waals surface area contributed by atoms with E-state index in [-0.39, 0.29) is 11.8 Å². The predicted octanol–water partition coefficient (Wildman–Crippen LogP) is 2.44. The normalized spacial score (nSPS) is 14.7. The molecule has 0 radical (unpaired) electrons. The van der Waals surface area contributed by atoms with Crippen LogP contribution in [0.5, 0.6) is 0 Å². The molecule has 1 saturated carbocycles. The number of carbonyl (C=O) groups excluding carboxylic acids is 1. The fraction of sp³-hybridized carbons (Fsp3) is 0.286. The van der Waals surface area contributed by atoms with Gasteiger partial charge in [-0.25, -0.2) is 4.79 Å². The summed E-state index contributed by atoms with van der Waals surface area (Å²) in [6.07, 6.45) is 4.51. The third-order valence-electron chi connectivity index (χ3n) is 2.89. The van der Waals surface area contributed by atoms with Crippen molar-refractivity contribution >= 4 is 23.6 Å². The van der Waals surface area contributed by atoms with Gasteiger partial charge in [0.25, 0.3) is 0 Å². The second-order valence-electron chi connectivity index (χ2n) is 4.51. The smallest absolute Gasteiger partial charge is 0.328 e. The summed E-state index contributed by atoms with van der Waals surface area (Å²) in [5.74, 6) is -0.778. The highest BCUT2D eigenvalue weighted by Gasteiger charge is 2.29. The van der Waals surface area contributed by atoms with E-state index in [1.807, 2.05) is 19.1 Å². The van der Waals surface area contributed by atoms with Crippen LogP contribution in [0.2, 0.25) is 0 Å². The molecule has 18 heavy (non-hydrogen) atoms. The number of aryl methyl sites for hydroxylation is 1. The summed E-state index contributed by atoms with van der Waals surface area (Å²) in [6, 6.07) is 5.47. The Hall–Kier alpha value is -2.10. The maximum atomic E-state index is 11.7. The van der Waals surface area contributed by atoms with Gasteiger partial charge in [-0.2, -0.15) is 0 Å². The van der Waals surface area contributed by atoms with Crippen molar-refractivity contribution in [3.05, 3.63) is 35.4 Å². The number of rotatable bonds is 4. The minimum absolute atomic E-state index is 0.0532. The molecule has 1 aliphatic carbocycles. The molecule has 0 bridgehead atoms. The lowest BCUT2D eigenvalue weighted by Gasteiger charge is -2.08. The number of nitrogens with one attached hydrogen (secondary N) is 1. The standard InChI is InChI=1S/C14H15NO3/c1-9-2-3-10(4-7-13(16)17)8-12(9)15-14(18)11-5-6-11/h2-4,7-8,11H,5-6H2,1H3,(H,15,18)(H,16,17). The molecule has 1 amide bonds. The molecule has 0 aliphatic heterocycles. The van der Waals surface area contributed by atoms with E-state index in [0.717, 1.165) is 35.7 Å². The Balaban J connectivity index is 2.15. The number of carbonyl (C=O) groups is 2. The lowest BCUT2D eigenvalue weighted by atomic mass is 10.1. The molecule has 4 nitrogen and oxygen atoms in total. The van der Waals surface area contributed by atoms with E-state index >= 15 is 0 Å². The van der Waals surface area contributed by atoms with Crippen LogP contribution in [0.25, 0.3) is 6.08 Å². The van der Waals surface area contributed by atoms with Crippen LogP contribution in [0.3, 0.4) is 0 Å². The summed E-state index contributed by atoms with van der Waals surface area (Å²) >= 11 is 0.